The first-order valence-corrected chi connectivity index (χ1v) is 20.4. The molecule has 2 saturated heterocycles. The summed E-state index contributed by atoms with van der Waals surface area (Å²) in [6.07, 6.45) is 1.84. The van der Waals surface area contributed by atoms with Crippen LogP contribution in [0.2, 0.25) is 0 Å². The van der Waals surface area contributed by atoms with E-state index in [1.54, 1.807) is 17.0 Å². The summed E-state index contributed by atoms with van der Waals surface area (Å²) in [5, 5.41) is 7.93. The van der Waals surface area contributed by atoms with E-state index in [9.17, 15) is 36.0 Å². The molecule has 16 nitrogen and oxygen atoms in total. The molecule has 1 unspecified atom stereocenters. The normalized spacial score (nSPS) is 17.7. The third kappa shape index (κ3) is 8.81. The maximum absolute atomic E-state index is 13.9. The van der Waals surface area contributed by atoms with Gasteiger partial charge in [-0.1, -0.05) is 12.1 Å². The number of fused-ring (bicyclic) bond motifs is 1. The first-order valence-electron chi connectivity index (χ1n) is 18.6. The summed E-state index contributed by atoms with van der Waals surface area (Å²) >= 11 is 0. The predicted octanol–water partition coefficient (Wildman–Crippen LogP) is 3.90. The van der Waals surface area contributed by atoms with Gasteiger partial charge in [0.1, 0.15) is 23.1 Å². The van der Waals surface area contributed by atoms with Crippen LogP contribution in [0.5, 0.6) is 0 Å². The highest BCUT2D eigenvalue weighted by molar-refractivity contribution is 7.92. The second-order valence-corrected chi connectivity index (χ2v) is 16.6. The number of anilines is 5. The Kier molecular flexibility index (Phi) is 11.2. The number of nitrogens with one attached hydrogen (secondary N) is 3. The number of benzene rings is 2. The minimum Gasteiger partial charge on any atom is -0.371 e. The van der Waals surface area contributed by atoms with Crippen LogP contribution in [0.4, 0.5) is 42.1 Å². The summed E-state index contributed by atoms with van der Waals surface area (Å²) < 4.78 is 66.9. The fraction of sp³-hybridized carbons (Fsp3) is 0.395. The van der Waals surface area contributed by atoms with Gasteiger partial charge in [-0.3, -0.25) is 33.9 Å². The summed E-state index contributed by atoms with van der Waals surface area (Å²) in [5.74, 6) is -1.57. The maximum atomic E-state index is 13.9. The summed E-state index contributed by atoms with van der Waals surface area (Å²) in [4.78, 5) is 59.4. The standard InChI is InChI=1S/C38H42F3N11O5S/c1-49(21-23-4-9-28-24(18-23)22-52(36(28)55)31-10-11-32(53)47-35(31)54)26-12-16-51(17-13-26)27-7-5-25(6-8-27)46-37-45-19-29(38(39,40)41)33(48-37)44-20-30-34(43-15-14-42-30)50(2)58(3,56)57/h4-9,14-15,18-19,26,31H,10-13,16-17,20-22H2,1-3H3,(H,47,53,54)(H2,44,45,46,48). The van der Waals surface area contributed by atoms with Crippen molar-refractivity contribution in [3.05, 3.63) is 89.0 Å². The number of hydrogen-bond donors (Lipinski definition) is 3. The molecule has 2 fully saturated rings. The molecule has 4 aromatic rings. The lowest BCUT2D eigenvalue weighted by Gasteiger charge is -2.38. The van der Waals surface area contributed by atoms with Crippen LogP contribution in [-0.4, -0.2) is 101 Å². The lowest BCUT2D eigenvalue weighted by Crippen LogP contribution is -2.52. The van der Waals surface area contributed by atoms with E-state index in [0.717, 1.165) is 53.3 Å². The number of alkyl halides is 3. The molecule has 3 aliphatic heterocycles. The largest absolute Gasteiger partial charge is 0.421 e. The number of amides is 3. The molecule has 0 aliphatic carbocycles. The van der Waals surface area contributed by atoms with E-state index in [2.05, 4.69) is 52.7 Å². The lowest BCUT2D eigenvalue weighted by atomic mass is 10.0. The van der Waals surface area contributed by atoms with Crippen LogP contribution in [0, 0.1) is 0 Å². The van der Waals surface area contributed by atoms with Gasteiger partial charge in [-0.15, -0.1) is 0 Å². The van der Waals surface area contributed by atoms with E-state index in [4.69, 9.17) is 0 Å². The summed E-state index contributed by atoms with van der Waals surface area (Å²) in [7, 11) is -0.351. The van der Waals surface area contributed by atoms with E-state index in [1.165, 1.54) is 19.4 Å². The van der Waals surface area contributed by atoms with Gasteiger partial charge in [0.25, 0.3) is 5.91 Å². The van der Waals surface area contributed by atoms with Crippen LogP contribution >= 0.6 is 0 Å². The Bertz CT molecular complexity index is 2320. The maximum Gasteiger partial charge on any atom is 0.421 e. The molecule has 7 rings (SSSR count). The number of sulfonamides is 1. The number of aromatic nitrogens is 4. The fourth-order valence-electron chi connectivity index (χ4n) is 7.45. The van der Waals surface area contributed by atoms with E-state index >= 15 is 0 Å². The quantitative estimate of drug-likeness (QED) is 0.175. The summed E-state index contributed by atoms with van der Waals surface area (Å²) in [5.41, 5.74) is 3.08. The van der Waals surface area contributed by atoms with E-state index < -0.39 is 39.5 Å². The highest BCUT2D eigenvalue weighted by Crippen LogP contribution is 2.35. The van der Waals surface area contributed by atoms with Gasteiger partial charge in [0.2, 0.25) is 27.8 Å². The fourth-order valence-corrected chi connectivity index (χ4v) is 7.92. The van der Waals surface area contributed by atoms with Crippen molar-refractivity contribution in [3.63, 3.8) is 0 Å². The lowest BCUT2D eigenvalue weighted by molar-refractivity contribution is -0.138. The Balaban J connectivity index is 0.937. The van der Waals surface area contributed by atoms with Crippen molar-refractivity contribution in [2.75, 3.05) is 53.3 Å². The van der Waals surface area contributed by atoms with Crippen LogP contribution in [0.15, 0.2) is 61.1 Å². The molecule has 5 heterocycles. The Morgan fingerprint density at radius 3 is 2.38 bits per heavy atom. The van der Waals surface area contributed by atoms with Gasteiger partial charge >= 0.3 is 6.18 Å². The van der Waals surface area contributed by atoms with Crippen LogP contribution < -0.4 is 25.2 Å². The van der Waals surface area contributed by atoms with Crippen molar-refractivity contribution < 1.29 is 36.0 Å². The average molecular weight is 822 g/mol. The minimum absolute atomic E-state index is 0.0350. The molecule has 20 heteroatoms. The Hall–Kier alpha value is -5.89. The molecule has 1 atom stereocenters. The molecule has 3 aliphatic rings. The van der Waals surface area contributed by atoms with E-state index in [1.807, 2.05) is 30.3 Å². The smallest absolute Gasteiger partial charge is 0.371 e. The number of carbonyl (C=O) groups is 3. The molecule has 2 aromatic heterocycles. The molecule has 58 heavy (non-hydrogen) atoms. The second-order valence-electron chi connectivity index (χ2n) is 14.6. The van der Waals surface area contributed by atoms with Gasteiger partial charge in [-0.05, 0) is 67.8 Å². The molecule has 0 spiro atoms. The van der Waals surface area contributed by atoms with Crippen molar-refractivity contribution in [2.45, 2.75) is 63.6 Å². The third-order valence-electron chi connectivity index (χ3n) is 10.7. The minimum atomic E-state index is -4.77. The van der Waals surface area contributed by atoms with Crippen LogP contribution in [0.3, 0.4) is 0 Å². The van der Waals surface area contributed by atoms with E-state index in [-0.39, 0.29) is 42.2 Å². The zero-order chi connectivity index (χ0) is 41.4. The highest BCUT2D eigenvalue weighted by atomic mass is 32.2. The second kappa shape index (κ2) is 16.2. The van der Waals surface area contributed by atoms with Crippen molar-refractivity contribution in [3.8, 4) is 0 Å². The molecule has 3 N–H and O–H groups in total. The monoisotopic (exact) mass is 821 g/mol. The molecular weight excluding hydrogens is 780 g/mol. The van der Waals surface area contributed by atoms with Crippen LogP contribution in [0.25, 0.3) is 0 Å². The highest BCUT2D eigenvalue weighted by Gasteiger charge is 2.39. The Labute approximate surface area is 332 Å². The first kappa shape index (κ1) is 40.3. The Morgan fingerprint density at radius 2 is 1.69 bits per heavy atom. The molecule has 0 bridgehead atoms. The van der Waals surface area contributed by atoms with Crippen molar-refractivity contribution in [2.24, 2.45) is 0 Å². The zero-order valence-electron chi connectivity index (χ0n) is 32.0. The number of rotatable bonds is 12. The molecule has 2 aromatic carbocycles. The van der Waals surface area contributed by atoms with Gasteiger partial charge in [0, 0.05) is 81.2 Å². The molecule has 0 radical (unpaired) electrons. The molecule has 3 amide bonds. The number of imide groups is 1. The van der Waals surface area contributed by atoms with Gasteiger partial charge in [0.05, 0.1) is 12.8 Å². The predicted molar refractivity (Wildman–Crippen MR) is 209 cm³/mol. The SMILES string of the molecule is CN(Cc1ccc2c(c1)CN(C1CCC(=O)NC1=O)C2=O)C1CCN(c2ccc(Nc3ncc(C(F)(F)F)c(NCc4nccnc4N(C)S(C)(=O)=O)n3)cc2)CC1. The number of carbonyl (C=O) groups excluding carboxylic acids is 3. The van der Waals surface area contributed by atoms with Crippen molar-refractivity contribution >= 4 is 56.7 Å². The van der Waals surface area contributed by atoms with Crippen molar-refractivity contribution in [1.29, 1.82) is 0 Å². The van der Waals surface area contributed by atoms with Crippen LogP contribution in [0.1, 0.15) is 58.4 Å². The summed E-state index contributed by atoms with van der Waals surface area (Å²) in [6.45, 7) is 2.35. The van der Waals surface area contributed by atoms with Gasteiger partial charge in [-0.2, -0.15) is 18.2 Å². The van der Waals surface area contributed by atoms with Gasteiger partial charge in [-0.25, -0.2) is 18.4 Å². The first-order chi connectivity index (χ1) is 27.5. The van der Waals surface area contributed by atoms with Gasteiger partial charge < -0.3 is 20.4 Å². The zero-order valence-corrected chi connectivity index (χ0v) is 32.8. The summed E-state index contributed by atoms with van der Waals surface area (Å²) in [6, 6.07) is 12.9. The average Bonchev–Trinajstić information content (AvgIpc) is 3.51. The third-order valence-corrected chi connectivity index (χ3v) is 11.8. The number of nitrogens with zero attached hydrogens (tertiary/aromatic N) is 8. The van der Waals surface area contributed by atoms with Gasteiger partial charge in [0.15, 0.2) is 5.82 Å². The van der Waals surface area contributed by atoms with E-state index in [0.29, 0.717) is 43.0 Å². The number of hydrogen-bond acceptors (Lipinski definition) is 13. The molecular formula is C38H42F3N11O5S. The Morgan fingerprint density at radius 1 is 0.966 bits per heavy atom. The molecule has 306 valence electrons. The molecule has 0 saturated carbocycles. The number of halogens is 3. The van der Waals surface area contributed by atoms with Crippen molar-refractivity contribution in [1.82, 2.24) is 35.1 Å². The van der Waals surface area contributed by atoms with Crippen LogP contribution in [-0.2, 0) is 45.4 Å². The number of piperidine rings is 2. The topological polar surface area (TPSA) is 186 Å².